The van der Waals surface area contributed by atoms with Gasteiger partial charge in [0.05, 0.1) is 7.11 Å². The van der Waals surface area contributed by atoms with Crippen molar-refractivity contribution in [3.63, 3.8) is 0 Å². The number of aryl methyl sites for hydroxylation is 1. The van der Waals surface area contributed by atoms with E-state index in [9.17, 15) is 4.79 Å². The minimum Gasteiger partial charge on any atom is -0.497 e. The highest BCUT2D eigenvalue weighted by Crippen LogP contribution is 2.23. The Hall–Kier alpha value is -2.00. The standard InChI is InChI=1S/C17H18ClNO2/c1-12-15(18)7-4-8-16(12)19-17(20)10-9-13-5-3-6-14(11-13)21-2/h3-8,11H,9-10H2,1-2H3,(H,19,20). The summed E-state index contributed by atoms with van der Waals surface area (Å²) in [6, 6.07) is 13.2. The third-order valence-electron chi connectivity index (χ3n) is 3.32. The summed E-state index contributed by atoms with van der Waals surface area (Å²) in [6.45, 7) is 1.89. The molecule has 0 saturated heterocycles. The number of halogens is 1. The number of carbonyl (C=O) groups is 1. The normalized spacial score (nSPS) is 10.2. The largest absolute Gasteiger partial charge is 0.497 e. The van der Waals surface area contributed by atoms with Gasteiger partial charge < -0.3 is 10.1 Å². The van der Waals surface area contributed by atoms with Gasteiger partial charge in [0, 0.05) is 17.1 Å². The lowest BCUT2D eigenvalue weighted by Crippen LogP contribution is -2.13. The predicted octanol–water partition coefficient (Wildman–Crippen LogP) is 4.23. The highest BCUT2D eigenvalue weighted by molar-refractivity contribution is 6.31. The zero-order chi connectivity index (χ0) is 15.2. The molecule has 2 aromatic carbocycles. The summed E-state index contributed by atoms with van der Waals surface area (Å²) in [5.74, 6) is 0.779. The number of hydrogen-bond acceptors (Lipinski definition) is 2. The Morgan fingerprint density at radius 1 is 1.24 bits per heavy atom. The monoisotopic (exact) mass is 303 g/mol. The fourth-order valence-electron chi connectivity index (χ4n) is 2.04. The average Bonchev–Trinajstić information content (AvgIpc) is 2.50. The van der Waals surface area contributed by atoms with Gasteiger partial charge in [0.15, 0.2) is 0 Å². The van der Waals surface area contributed by atoms with E-state index in [0.29, 0.717) is 17.9 Å². The van der Waals surface area contributed by atoms with Gasteiger partial charge in [0.2, 0.25) is 5.91 Å². The smallest absolute Gasteiger partial charge is 0.224 e. The predicted molar refractivity (Wildman–Crippen MR) is 86.1 cm³/mol. The maximum atomic E-state index is 12.0. The first-order chi connectivity index (χ1) is 10.1. The number of anilines is 1. The zero-order valence-electron chi connectivity index (χ0n) is 12.2. The van der Waals surface area contributed by atoms with Crippen molar-refractivity contribution in [1.29, 1.82) is 0 Å². The number of amides is 1. The van der Waals surface area contributed by atoms with Crippen LogP contribution in [-0.4, -0.2) is 13.0 Å². The SMILES string of the molecule is COc1cccc(CCC(=O)Nc2cccc(Cl)c2C)c1. The number of nitrogens with one attached hydrogen (secondary N) is 1. The number of hydrogen-bond donors (Lipinski definition) is 1. The Bertz CT molecular complexity index is 640. The molecule has 110 valence electrons. The van der Waals surface area contributed by atoms with Gasteiger partial charge in [-0.3, -0.25) is 4.79 Å². The molecule has 1 amide bonds. The average molecular weight is 304 g/mol. The first-order valence-electron chi connectivity index (χ1n) is 6.78. The first-order valence-corrected chi connectivity index (χ1v) is 7.16. The van der Waals surface area contributed by atoms with Crippen LogP contribution in [0.3, 0.4) is 0 Å². The van der Waals surface area contributed by atoms with E-state index in [-0.39, 0.29) is 5.91 Å². The van der Waals surface area contributed by atoms with Gasteiger partial charge in [-0.05, 0) is 48.7 Å². The van der Waals surface area contributed by atoms with Crippen LogP contribution in [0.1, 0.15) is 17.5 Å². The number of rotatable bonds is 5. The molecule has 0 spiro atoms. The summed E-state index contributed by atoms with van der Waals surface area (Å²) in [7, 11) is 1.63. The van der Waals surface area contributed by atoms with Gasteiger partial charge in [0.1, 0.15) is 5.75 Å². The van der Waals surface area contributed by atoms with Crippen molar-refractivity contribution in [3.05, 3.63) is 58.6 Å². The topological polar surface area (TPSA) is 38.3 Å². The summed E-state index contributed by atoms with van der Waals surface area (Å²) in [5, 5.41) is 3.55. The molecular weight excluding hydrogens is 286 g/mol. The molecule has 2 rings (SSSR count). The van der Waals surface area contributed by atoms with Gasteiger partial charge in [-0.2, -0.15) is 0 Å². The van der Waals surface area contributed by atoms with Gasteiger partial charge in [-0.1, -0.05) is 29.8 Å². The fraction of sp³-hybridized carbons (Fsp3) is 0.235. The van der Waals surface area contributed by atoms with E-state index in [1.54, 1.807) is 7.11 Å². The van der Waals surface area contributed by atoms with Crippen LogP contribution in [0.15, 0.2) is 42.5 Å². The van der Waals surface area contributed by atoms with Crippen molar-refractivity contribution in [2.24, 2.45) is 0 Å². The molecule has 0 bridgehead atoms. The summed E-state index contributed by atoms with van der Waals surface area (Å²) in [5.41, 5.74) is 2.72. The van der Waals surface area contributed by atoms with E-state index in [2.05, 4.69) is 5.32 Å². The van der Waals surface area contributed by atoms with Crippen LogP contribution < -0.4 is 10.1 Å². The van der Waals surface area contributed by atoms with Crippen molar-refractivity contribution in [2.75, 3.05) is 12.4 Å². The van der Waals surface area contributed by atoms with E-state index < -0.39 is 0 Å². The van der Waals surface area contributed by atoms with Crippen molar-refractivity contribution < 1.29 is 9.53 Å². The summed E-state index contributed by atoms with van der Waals surface area (Å²) >= 11 is 6.04. The highest BCUT2D eigenvalue weighted by atomic mass is 35.5. The first kappa shape index (κ1) is 15.4. The maximum Gasteiger partial charge on any atom is 0.224 e. The van der Waals surface area contributed by atoms with Crippen LogP contribution in [0.25, 0.3) is 0 Å². The molecule has 0 saturated carbocycles. The second-order valence-corrected chi connectivity index (χ2v) is 5.22. The molecule has 4 heteroatoms. The molecular formula is C17H18ClNO2. The van der Waals surface area contributed by atoms with Crippen molar-refractivity contribution in [2.45, 2.75) is 19.8 Å². The second kappa shape index (κ2) is 7.14. The third-order valence-corrected chi connectivity index (χ3v) is 3.73. The Labute approximate surface area is 129 Å². The molecule has 0 aliphatic carbocycles. The van der Waals surface area contributed by atoms with Gasteiger partial charge in [-0.15, -0.1) is 0 Å². The molecule has 0 unspecified atom stereocenters. The Morgan fingerprint density at radius 3 is 2.76 bits per heavy atom. The van der Waals surface area contributed by atoms with Crippen LogP contribution in [0.4, 0.5) is 5.69 Å². The van der Waals surface area contributed by atoms with E-state index in [1.165, 1.54) is 0 Å². The summed E-state index contributed by atoms with van der Waals surface area (Å²) < 4.78 is 5.17. The van der Waals surface area contributed by atoms with Crippen LogP contribution in [0.2, 0.25) is 5.02 Å². The summed E-state index contributed by atoms with van der Waals surface area (Å²) in [6.07, 6.45) is 1.09. The van der Waals surface area contributed by atoms with Gasteiger partial charge in [-0.25, -0.2) is 0 Å². The number of methoxy groups -OCH3 is 1. The van der Waals surface area contributed by atoms with Gasteiger partial charge in [0.25, 0.3) is 0 Å². The Morgan fingerprint density at radius 2 is 2.00 bits per heavy atom. The van der Waals surface area contributed by atoms with Crippen molar-refractivity contribution in [1.82, 2.24) is 0 Å². The molecule has 0 radical (unpaired) electrons. The van der Waals surface area contributed by atoms with Crippen LogP contribution in [-0.2, 0) is 11.2 Å². The molecule has 0 fully saturated rings. The highest BCUT2D eigenvalue weighted by Gasteiger charge is 2.07. The fourth-order valence-corrected chi connectivity index (χ4v) is 2.22. The molecule has 21 heavy (non-hydrogen) atoms. The quantitative estimate of drug-likeness (QED) is 0.897. The third kappa shape index (κ3) is 4.23. The maximum absolute atomic E-state index is 12.0. The minimum atomic E-state index is -0.0248. The van der Waals surface area contributed by atoms with Crippen molar-refractivity contribution >= 4 is 23.2 Å². The molecule has 0 atom stereocenters. The summed E-state index contributed by atoms with van der Waals surface area (Å²) in [4.78, 5) is 12.0. The zero-order valence-corrected chi connectivity index (χ0v) is 12.9. The number of carbonyl (C=O) groups excluding carboxylic acids is 1. The van der Waals surface area contributed by atoms with E-state index in [0.717, 1.165) is 22.6 Å². The van der Waals surface area contributed by atoms with E-state index >= 15 is 0 Å². The molecule has 0 heterocycles. The van der Waals surface area contributed by atoms with Crippen molar-refractivity contribution in [3.8, 4) is 5.75 Å². The molecule has 3 nitrogen and oxygen atoms in total. The lowest BCUT2D eigenvalue weighted by molar-refractivity contribution is -0.116. The van der Waals surface area contributed by atoms with Gasteiger partial charge >= 0.3 is 0 Å². The van der Waals surface area contributed by atoms with Crippen LogP contribution in [0.5, 0.6) is 5.75 Å². The molecule has 0 aliphatic rings. The minimum absolute atomic E-state index is 0.0248. The molecule has 0 aromatic heterocycles. The number of benzene rings is 2. The van der Waals surface area contributed by atoms with Crippen LogP contribution >= 0.6 is 11.6 Å². The Kier molecular flexibility index (Phi) is 5.23. The molecule has 2 aromatic rings. The second-order valence-electron chi connectivity index (χ2n) is 4.81. The van der Waals surface area contributed by atoms with E-state index in [1.807, 2.05) is 49.4 Å². The Balaban J connectivity index is 1.94. The lowest BCUT2D eigenvalue weighted by Gasteiger charge is -2.09. The number of ether oxygens (including phenoxy) is 1. The molecule has 1 N–H and O–H groups in total. The van der Waals surface area contributed by atoms with E-state index in [4.69, 9.17) is 16.3 Å². The molecule has 0 aliphatic heterocycles. The lowest BCUT2D eigenvalue weighted by atomic mass is 10.1. The van der Waals surface area contributed by atoms with Crippen LogP contribution in [0, 0.1) is 6.92 Å².